The molecule has 11 nitrogen and oxygen atoms in total. The first-order valence-electron chi connectivity index (χ1n) is 14.0. The van der Waals surface area contributed by atoms with Crippen molar-refractivity contribution >= 4 is 50.7 Å². The number of aliphatic carboxylic acids is 1. The highest BCUT2D eigenvalue weighted by molar-refractivity contribution is 9.10. The van der Waals surface area contributed by atoms with E-state index in [1.165, 1.54) is 4.90 Å². The predicted molar refractivity (Wildman–Crippen MR) is 157 cm³/mol. The van der Waals surface area contributed by atoms with Crippen LogP contribution in [0.15, 0.2) is 28.9 Å². The molecule has 12 heteroatoms. The maximum absolute atomic E-state index is 13.4. The van der Waals surface area contributed by atoms with Gasteiger partial charge in [-0.25, -0.2) is 9.59 Å². The van der Waals surface area contributed by atoms with Crippen LogP contribution >= 0.6 is 15.9 Å². The van der Waals surface area contributed by atoms with Crippen molar-refractivity contribution in [2.24, 2.45) is 5.92 Å². The molecule has 1 aromatic carbocycles. The Morgan fingerprint density at radius 1 is 1.24 bits per heavy atom. The third-order valence-corrected chi connectivity index (χ3v) is 7.52. The summed E-state index contributed by atoms with van der Waals surface area (Å²) in [5, 5.41) is 16.0. The van der Waals surface area contributed by atoms with Gasteiger partial charge in [-0.2, -0.15) is 0 Å². The molecule has 2 aromatic rings. The van der Waals surface area contributed by atoms with Crippen LogP contribution < -0.4 is 10.6 Å². The van der Waals surface area contributed by atoms with Crippen LogP contribution in [0.2, 0.25) is 0 Å². The first-order chi connectivity index (χ1) is 19.3. The molecule has 1 unspecified atom stereocenters. The van der Waals surface area contributed by atoms with Crippen molar-refractivity contribution in [2.75, 3.05) is 13.2 Å². The number of nitrogens with zero attached hydrogens (tertiary/aromatic N) is 1. The number of carbonyl (C=O) groups is 4. The van der Waals surface area contributed by atoms with Gasteiger partial charge in [-0.3, -0.25) is 14.5 Å². The zero-order valence-electron chi connectivity index (χ0n) is 24.3. The summed E-state index contributed by atoms with van der Waals surface area (Å²) in [7, 11) is 0. The fraction of sp³-hybridized carbons (Fsp3) is 0.586. The van der Waals surface area contributed by atoms with E-state index < -0.39 is 47.8 Å². The highest BCUT2D eigenvalue weighted by Gasteiger charge is 2.33. The molecule has 1 saturated heterocycles. The maximum atomic E-state index is 13.4. The summed E-state index contributed by atoms with van der Waals surface area (Å²) in [6.07, 6.45) is 2.20. The van der Waals surface area contributed by atoms with E-state index in [-0.39, 0.29) is 25.2 Å². The van der Waals surface area contributed by atoms with Gasteiger partial charge in [0.15, 0.2) is 0 Å². The molecule has 1 aromatic heterocycles. The number of aromatic nitrogens is 1. The number of aromatic amines is 1. The third-order valence-electron chi connectivity index (χ3n) is 7.03. The van der Waals surface area contributed by atoms with Crippen molar-refractivity contribution in [2.45, 2.75) is 90.6 Å². The topological polar surface area (TPSA) is 150 Å². The average molecular weight is 638 g/mol. The van der Waals surface area contributed by atoms with E-state index in [0.717, 1.165) is 20.9 Å². The molecule has 0 spiro atoms. The van der Waals surface area contributed by atoms with Gasteiger partial charge in [0.05, 0.1) is 6.61 Å². The van der Waals surface area contributed by atoms with Gasteiger partial charge in [-0.1, -0.05) is 36.2 Å². The Hall–Kier alpha value is -3.12. The van der Waals surface area contributed by atoms with E-state index in [1.807, 2.05) is 25.1 Å². The Morgan fingerprint density at radius 2 is 1.98 bits per heavy atom. The zero-order chi connectivity index (χ0) is 30.3. The van der Waals surface area contributed by atoms with Crippen LogP contribution in [0.1, 0.15) is 65.9 Å². The summed E-state index contributed by atoms with van der Waals surface area (Å²) < 4.78 is 12.1. The fourth-order valence-electron chi connectivity index (χ4n) is 4.66. The second kappa shape index (κ2) is 14.2. The maximum Gasteiger partial charge on any atom is 0.412 e. The van der Waals surface area contributed by atoms with Crippen molar-refractivity contribution in [3.05, 3.63) is 34.4 Å². The molecule has 0 saturated carbocycles. The first-order valence-corrected chi connectivity index (χ1v) is 14.8. The SMILES string of the molecule is CC[C@H](C)[C@H](NC(=O)[C@H](Cc1c[nH]c2ccc(Br)cc12)NC(=O)CCC1OCCCN1C(=O)OC(C)(C)C)C(=O)O. The molecule has 3 rings (SSSR count). The molecule has 0 radical (unpaired) electrons. The normalized spacial score (nSPS) is 17.9. The number of carboxylic acids is 1. The largest absolute Gasteiger partial charge is 0.480 e. The smallest absolute Gasteiger partial charge is 0.412 e. The Bertz CT molecular complexity index is 1240. The van der Waals surface area contributed by atoms with Gasteiger partial charge >= 0.3 is 12.1 Å². The second-order valence-electron chi connectivity index (χ2n) is 11.4. The minimum absolute atomic E-state index is 0.0130. The molecular formula is C29H41BrN4O7. The van der Waals surface area contributed by atoms with E-state index >= 15 is 0 Å². The molecule has 3 amide bonds. The van der Waals surface area contributed by atoms with Gasteiger partial charge in [0.1, 0.15) is 23.9 Å². The fourth-order valence-corrected chi connectivity index (χ4v) is 5.02. The van der Waals surface area contributed by atoms with E-state index in [4.69, 9.17) is 9.47 Å². The molecule has 226 valence electrons. The molecule has 0 bridgehead atoms. The van der Waals surface area contributed by atoms with Gasteiger partial charge < -0.3 is 30.2 Å². The molecule has 4 N–H and O–H groups in total. The van der Waals surface area contributed by atoms with Crippen molar-refractivity contribution in [3.8, 4) is 0 Å². The average Bonchev–Trinajstić information content (AvgIpc) is 3.30. The first kappa shape index (κ1) is 32.4. The minimum Gasteiger partial charge on any atom is -0.480 e. The van der Waals surface area contributed by atoms with Crippen molar-refractivity contribution in [1.82, 2.24) is 20.5 Å². The number of benzene rings is 1. The van der Waals surface area contributed by atoms with Gasteiger partial charge in [0.2, 0.25) is 11.8 Å². The Labute approximate surface area is 248 Å². The van der Waals surface area contributed by atoms with Gasteiger partial charge in [0, 0.05) is 47.4 Å². The summed E-state index contributed by atoms with van der Waals surface area (Å²) >= 11 is 3.47. The van der Waals surface area contributed by atoms with Crippen LogP contribution in [0.5, 0.6) is 0 Å². The Balaban J connectivity index is 1.75. The minimum atomic E-state index is -1.13. The van der Waals surface area contributed by atoms with Crippen LogP contribution in [0.3, 0.4) is 0 Å². The van der Waals surface area contributed by atoms with Gasteiger partial charge in [-0.05, 0) is 56.9 Å². The predicted octanol–water partition coefficient (Wildman–Crippen LogP) is 4.34. The van der Waals surface area contributed by atoms with Crippen LogP contribution in [-0.2, 0) is 30.3 Å². The van der Waals surface area contributed by atoms with Crippen LogP contribution in [0.4, 0.5) is 4.79 Å². The van der Waals surface area contributed by atoms with E-state index in [2.05, 4.69) is 31.5 Å². The van der Waals surface area contributed by atoms with E-state index in [1.54, 1.807) is 33.9 Å². The van der Waals surface area contributed by atoms with Crippen LogP contribution in [0.25, 0.3) is 10.9 Å². The van der Waals surface area contributed by atoms with Crippen molar-refractivity contribution in [1.29, 1.82) is 0 Å². The van der Waals surface area contributed by atoms with Crippen molar-refractivity contribution in [3.63, 3.8) is 0 Å². The molecule has 4 atom stereocenters. The van der Waals surface area contributed by atoms with E-state index in [0.29, 0.717) is 26.0 Å². The second-order valence-corrected chi connectivity index (χ2v) is 12.3. The highest BCUT2D eigenvalue weighted by Crippen LogP contribution is 2.24. The summed E-state index contributed by atoms with van der Waals surface area (Å²) in [5.41, 5.74) is 0.996. The Morgan fingerprint density at radius 3 is 2.63 bits per heavy atom. The lowest BCUT2D eigenvalue weighted by Gasteiger charge is -2.36. The number of nitrogens with one attached hydrogen (secondary N) is 3. The number of carbonyl (C=O) groups excluding carboxylic acids is 3. The summed E-state index contributed by atoms with van der Waals surface area (Å²) in [4.78, 5) is 55.8. The zero-order valence-corrected chi connectivity index (χ0v) is 25.9. The molecule has 2 heterocycles. The number of fused-ring (bicyclic) bond motifs is 1. The van der Waals surface area contributed by atoms with Crippen LogP contribution in [0, 0.1) is 5.92 Å². The van der Waals surface area contributed by atoms with E-state index in [9.17, 15) is 24.3 Å². The number of hydrogen-bond donors (Lipinski definition) is 4. The molecule has 1 aliphatic rings. The summed E-state index contributed by atoms with van der Waals surface area (Å²) in [5.74, 6) is -2.44. The molecule has 41 heavy (non-hydrogen) atoms. The Kier molecular flexibility index (Phi) is 11.2. The molecule has 0 aliphatic carbocycles. The number of carboxylic acid groups (broad SMARTS) is 1. The summed E-state index contributed by atoms with van der Waals surface area (Å²) in [6, 6.07) is 3.60. The quantitative estimate of drug-likeness (QED) is 0.286. The van der Waals surface area contributed by atoms with Gasteiger partial charge in [0.25, 0.3) is 0 Å². The lowest BCUT2D eigenvalue weighted by atomic mass is 9.98. The van der Waals surface area contributed by atoms with Gasteiger partial charge in [-0.15, -0.1) is 0 Å². The van der Waals surface area contributed by atoms with Crippen molar-refractivity contribution < 1.29 is 33.8 Å². The number of amides is 3. The molecule has 1 fully saturated rings. The van der Waals surface area contributed by atoms with Crippen LogP contribution in [-0.4, -0.2) is 75.9 Å². The number of halogens is 1. The number of H-pyrrole nitrogens is 1. The number of rotatable bonds is 11. The monoisotopic (exact) mass is 636 g/mol. The molecule has 1 aliphatic heterocycles. The number of hydrogen-bond acceptors (Lipinski definition) is 6. The third kappa shape index (κ3) is 9.19. The lowest BCUT2D eigenvalue weighted by molar-refractivity contribution is -0.143. The summed E-state index contributed by atoms with van der Waals surface area (Å²) in [6.45, 7) is 9.87. The lowest BCUT2D eigenvalue weighted by Crippen LogP contribution is -2.54. The number of ether oxygens (including phenoxy) is 2. The highest BCUT2D eigenvalue weighted by atomic mass is 79.9. The standard InChI is InChI=1S/C29H41BrN4O7/c1-6-17(2)25(27(37)38)33-26(36)22(14-18-16-31-21-9-8-19(30)15-20(18)21)32-23(35)10-11-24-34(12-7-13-40-24)28(39)41-29(3,4)5/h8-9,15-17,22,24-25,31H,6-7,10-14H2,1-5H3,(H,32,35)(H,33,36)(H,37,38)/t17-,22-,24?,25-/m0/s1. The molecular weight excluding hydrogens is 596 g/mol.